The first-order valence-corrected chi connectivity index (χ1v) is 16.1. The molecule has 4 aromatic carbocycles. The van der Waals surface area contributed by atoms with E-state index in [1.165, 1.54) is 12.1 Å². The first-order valence-electron chi connectivity index (χ1n) is 14.2. The van der Waals surface area contributed by atoms with Crippen LogP contribution in [0.4, 0.5) is 5.69 Å². The number of anilines is 1. The van der Waals surface area contributed by atoms with Crippen molar-refractivity contribution in [2.75, 3.05) is 17.5 Å². The lowest BCUT2D eigenvalue weighted by molar-refractivity contribution is -0.120. The Morgan fingerprint density at radius 1 is 0.841 bits per heavy atom. The monoisotopic (exact) mass is 617 g/mol. The Labute approximate surface area is 258 Å². The van der Waals surface area contributed by atoms with Crippen LogP contribution in [0.2, 0.25) is 0 Å². The molecular weight excluding hydrogens is 578 g/mol. The van der Waals surface area contributed by atoms with Gasteiger partial charge in [0.05, 0.1) is 24.5 Å². The molecule has 0 fully saturated rings. The van der Waals surface area contributed by atoms with Crippen LogP contribution in [0.15, 0.2) is 91.0 Å². The summed E-state index contributed by atoms with van der Waals surface area (Å²) >= 11 is 0. The van der Waals surface area contributed by atoms with E-state index < -0.39 is 21.7 Å². The summed E-state index contributed by atoms with van der Waals surface area (Å²) in [4.78, 5) is 12.7. The summed E-state index contributed by atoms with van der Waals surface area (Å²) in [5.74, 6) is -0.0971. The van der Waals surface area contributed by atoms with E-state index in [0.29, 0.717) is 18.5 Å². The molecule has 0 unspecified atom stereocenters. The number of carbonyl (C=O) groups excluding carboxylic acids is 1. The Morgan fingerprint density at radius 3 is 2.25 bits per heavy atom. The van der Waals surface area contributed by atoms with Gasteiger partial charge in [-0.25, -0.2) is 8.42 Å². The molecule has 0 spiro atoms. The van der Waals surface area contributed by atoms with E-state index in [1.54, 1.807) is 18.2 Å². The maximum atomic E-state index is 12.7. The molecular formula is C34H39N3O6S. The Kier molecular flexibility index (Phi) is 10.3. The molecule has 44 heavy (non-hydrogen) atoms. The summed E-state index contributed by atoms with van der Waals surface area (Å²) in [7, 11) is -3.59. The summed E-state index contributed by atoms with van der Waals surface area (Å²) in [6.45, 7) is 4.62. The van der Waals surface area contributed by atoms with Gasteiger partial charge in [0.15, 0.2) is 0 Å². The van der Waals surface area contributed by atoms with E-state index >= 15 is 0 Å². The zero-order chi connectivity index (χ0) is 31.9. The van der Waals surface area contributed by atoms with Crippen molar-refractivity contribution < 1.29 is 28.5 Å². The third-order valence-corrected chi connectivity index (χ3v) is 7.73. The molecule has 0 radical (unpaired) electrons. The molecule has 4 aromatic rings. The summed E-state index contributed by atoms with van der Waals surface area (Å²) < 4.78 is 25.4. The number of sulfonamides is 1. The lowest BCUT2D eigenvalue weighted by Gasteiger charge is -2.28. The second-order valence-electron chi connectivity index (χ2n) is 11.6. The summed E-state index contributed by atoms with van der Waals surface area (Å²) in [6.07, 6.45) is 0.920. The normalized spacial score (nSPS) is 12.5. The van der Waals surface area contributed by atoms with Crippen molar-refractivity contribution >= 4 is 21.6 Å². The molecule has 0 heterocycles. The van der Waals surface area contributed by atoms with Gasteiger partial charge in [0.25, 0.3) is 0 Å². The number of amides is 1. The van der Waals surface area contributed by atoms with Crippen molar-refractivity contribution in [1.82, 2.24) is 10.6 Å². The molecule has 232 valence electrons. The van der Waals surface area contributed by atoms with E-state index in [9.17, 15) is 28.5 Å². The predicted octanol–water partition coefficient (Wildman–Crippen LogP) is 4.64. The van der Waals surface area contributed by atoms with Gasteiger partial charge in [-0.1, -0.05) is 72.8 Å². The predicted molar refractivity (Wildman–Crippen MR) is 173 cm³/mol. The molecule has 0 aliphatic carbocycles. The summed E-state index contributed by atoms with van der Waals surface area (Å²) in [6, 6.07) is 27.0. The number of aliphatic hydroxyl groups is 1. The Bertz CT molecular complexity index is 1700. The van der Waals surface area contributed by atoms with E-state index in [2.05, 4.69) is 15.4 Å². The fourth-order valence-corrected chi connectivity index (χ4v) is 5.49. The van der Waals surface area contributed by atoms with Gasteiger partial charge in [0.1, 0.15) is 11.5 Å². The van der Waals surface area contributed by atoms with Crippen molar-refractivity contribution in [2.45, 2.75) is 44.9 Å². The molecule has 6 N–H and O–H groups in total. The van der Waals surface area contributed by atoms with Crippen LogP contribution in [-0.4, -0.2) is 48.0 Å². The third-order valence-electron chi connectivity index (χ3n) is 7.14. The number of para-hydroxylation sites is 1. The second kappa shape index (κ2) is 13.9. The van der Waals surface area contributed by atoms with Crippen molar-refractivity contribution in [3.05, 3.63) is 113 Å². The fourth-order valence-electron chi connectivity index (χ4n) is 4.92. The number of benzene rings is 4. The number of nitrogens with one attached hydrogen (secondary N) is 3. The Morgan fingerprint density at radius 2 is 1.55 bits per heavy atom. The van der Waals surface area contributed by atoms with Gasteiger partial charge in [-0.2, -0.15) is 0 Å². The zero-order valence-electron chi connectivity index (χ0n) is 25.0. The number of phenolic OH excluding ortho intramolecular Hbond substituents is 2. The summed E-state index contributed by atoms with van der Waals surface area (Å²) in [5.41, 5.74) is 4.59. The highest BCUT2D eigenvalue weighted by atomic mass is 32.2. The quantitative estimate of drug-likeness (QED) is 0.120. The van der Waals surface area contributed by atoms with Crippen LogP contribution < -0.4 is 15.4 Å². The lowest BCUT2D eigenvalue weighted by Crippen LogP contribution is -2.43. The van der Waals surface area contributed by atoms with Gasteiger partial charge in [0.2, 0.25) is 15.9 Å². The van der Waals surface area contributed by atoms with E-state index in [1.807, 2.05) is 74.5 Å². The number of rotatable bonds is 13. The average Bonchev–Trinajstić information content (AvgIpc) is 2.96. The second-order valence-corrected chi connectivity index (χ2v) is 13.3. The van der Waals surface area contributed by atoms with Gasteiger partial charge in [-0.3, -0.25) is 9.52 Å². The summed E-state index contributed by atoms with van der Waals surface area (Å²) in [5, 5.41) is 37.1. The highest BCUT2D eigenvalue weighted by molar-refractivity contribution is 7.92. The zero-order valence-corrected chi connectivity index (χ0v) is 25.9. The Hall–Kier alpha value is -4.38. The van der Waals surface area contributed by atoms with Crippen LogP contribution in [0.25, 0.3) is 11.1 Å². The topological polar surface area (TPSA) is 148 Å². The molecule has 9 nitrogen and oxygen atoms in total. The van der Waals surface area contributed by atoms with Gasteiger partial charge >= 0.3 is 0 Å². The number of carbonyl (C=O) groups is 1. The maximum Gasteiger partial charge on any atom is 0.229 e. The maximum absolute atomic E-state index is 12.7. The van der Waals surface area contributed by atoms with Crippen molar-refractivity contribution in [3.8, 4) is 22.6 Å². The average molecular weight is 618 g/mol. The van der Waals surface area contributed by atoms with Crippen LogP contribution in [-0.2, 0) is 34.2 Å². The molecule has 0 aromatic heterocycles. The van der Waals surface area contributed by atoms with Crippen molar-refractivity contribution in [1.29, 1.82) is 0 Å². The van der Waals surface area contributed by atoms with Crippen LogP contribution >= 0.6 is 0 Å². The molecule has 0 saturated carbocycles. The number of aromatic hydroxyl groups is 2. The van der Waals surface area contributed by atoms with Crippen molar-refractivity contribution in [3.63, 3.8) is 0 Å². The molecule has 1 atom stereocenters. The molecule has 4 rings (SSSR count). The molecule has 0 aliphatic rings. The van der Waals surface area contributed by atoms with Crippen LogP contribution in [0.3, 0.4) is 0 Å². The SMILES string of the molecule is CC(C)(Cc1cccc(CC(=O)NCc2ccc(-c3ccccc3O)cc2)c1)NC[C@@H](O)c1ccc(O)c(NS(C)(=O)=O)c1. The van der Waals surface area contributed by atoms with Gasteiger partial charge in [-0.05, 0) is 66.3 Å². The highest BCUT2D eigenvalue weighted by Crippen LogP contribution is 2.29. The van der Waals surface area contributed by atoms with E-state index in [4.69, 9.17) is 0 Å². The largest absolute Gasteiger partial charge is 0.507 e. The fraction of sp³-hybridized carbons (Fsp3) is 0.265. The minimum Gasteiger partial charge on any atom is -0.507 e. The molecule has 1 amide bonds. The minimum absolute atomic E-state index is 0.00581. The van der Waals surface area contributed by atoms with Gasteiger partial charge in [0, 0.05) is 24.2 Å². The lowest BCUT2D eigenvalue weighted by atomic mass is 9.93. The Balaban J connectivity index is 1.28. The number of hydrogen-bond donors (Lipinski definition) is 6. The third kappa shape index (κ3) is 9.57. The van der Waals surface area contributed by atoms with Crippen LogP contribution in [0.5, 0.6) is 11.5 Å². The number of β-amino-alcohol motifs (C(OH)–C–C–N with tert-alkyl or cyclic N) is 1. The van der Waals surface area contributed by atoms with Gasteiger partial charge in [-0.15, -0.1) is 0 Å². The number of hydrogen-bond acceptors (Lipinski definition) is 7. The van der Waals surface area contributed by atoms with E-state index in [0.717, 1.165) is 34.1 Å². The number of aliphatic hydroxyl groups excluding tert-OH is 1. The molecule has 0 saturated heterocycles. The van der Waals surface area contributed by atoms with Gasteiger partial charge < -0.3 is 26.0 Å². The van der Waals surface area contributed by atoms with Crippen molar-refractivity contribution in [2.24, 2.45) is 0 Å². The first-order chi connectivity index (χ1) is 20.8. The van der Waals surface area contributed by atoms with Crippen LogP contribution in [0.1, 0.15) is 42.2 Å². The standard InChI is InChI=1S/C34H39N3O6S/c1-34(2,36-22-32(40)27-15-16-31(39)29(19-27)37-44(3,42)43)20-25-8-6-7-24(17-25)18-33(41)35-21-23-11-13-26(14-12-23)28-9-4-5-10-30(28)38/h4-17,19,32,36-40H,18,20-22H2,1-3H3,(H,35,41)/t32-/m1/s1. The number of phenols is 2. The van der Waals surface area contributed by atoms with E-state index in [-0.39, 0.29) is 36.1 Å². The minimum atomic E-state index is -3.59. The highest BCUT2D eigenvalue weighted by Gasteiger charge is 2.21. The smallest absolute Gasteiger partial charge is 0.229 e. The first kappa shape index (κ1) is 32.5. The molecule has 10 heteroatoms. The molecule has 0 aliphatic heterocycles. The molecule has 0 bridgehead atoms. The van der Waals surface area contributed by atoms with Crippen LogP contribution in [0, 0.1) is 0 Å².